The van der Waals surface area contributed by atoms with Crippen LogP contribution in [0.1, 0.15) is 16.1 Å². The minimum Gasteiger partial charge on any atom is -0.496 e. The fourth-order valence-electron chi connectivity index (χ4n) is 3.24. The maximum absolute atomic E-state index is 12.5. The molecule has 0 atom stereocenters. The molecular weight excluding hydrogens is 398 g/mol. The van der Waals surface area contributed by atoms with Crippen molar-refractivity contribution in [2.75, 3.05) is 7.11 Å². The monoisotopic (exact) mass is 415 g/mol. The number of hydrogen-bond acceptors (Lipinski definition) is 6. The third kappa shape index (κ3) is 3.97. The van der Waals surface area contributed by atoms with E-state index in [9.17, 15) is 14.9 Å². The van der Waals surface area contributed by atoms with Crippen LogP contribution in [0.4, 0.5) is 5.69 Å². The van der Waals surface area contributed by atoms with Gasteiger partial charge in [-0.1, -0.05) is 42.5 Å². The Morgan fingerprint density at radius 2 is 1.94 bits per heavy atom. The van der Waals surface area contributed by atoms with Gasteiger partial charge in [0.15, 0.2) is 0 Å². The highest BCUT2D eigenvalue weighted by Gasteiger charge is 2.16. The normalized spacial score (nSPS) is 11.0. The summed E-state index contributed by atoms with van der Waals surface area (Å²) in [5.74, 6) is 0.0966. The molecule has 0 radical (unpaired) electrons. The summed E-state index contributed by atoms with van der Waals surface area (Å²) in [7, 11) is 1.57. The van der Waals surface area contributed by atoms with E-state index in [0.717, 1.165) is 16.3 Å². The number of nitro benzene ring substituents is 1. The fourth-order valence-corrected chi connectivity index (χ4v) is 3.24. The molecule has 1 heterocycles. The number of nitrogens with one attached hydrogen (secondary N) is 2. The zero-order chi connectivity index (χ0) is 21.8. The molecule has 1 aromatic heterocycles. The van der Waals surface area contributed by atoms with Gasteiger partial charge in [0.2, 0.25) is 0 Å². The third-order valence-electron chi connectivity index (χ3n) is 4.69. The Hall–Kier alpha value is -4.53. The topological polar surface area (TPSA) is 123 Å². The highest BCUT2D eigenvalue weighted by molar-refractivity contribution is 6.00. The Morgan fingerprint density at radius 3 is 2.74 bits per heavy atom. The van der Waals surface area contributed by atoms with Crippen LogP contribution in [0.2, 0.25) is 0 Å². The molecule has 9 nitrogen and oxygen atoms in total. The summed E-state index contributed by atoms with van der Waals surface area (Å²) in [6, 6.07) is 19.3. The lowest BCUT2D eigenvalue weighted by Crippen LogP contribution is -2.18. The van der Waals surface area contributed by atoms with Gasteiger partial charge in [-0.2, -0.15) is 10.2 Å². The second-order valence-electron chi connectivity index (χ2n) is 6.55. The number of aromatic nitrogens is 2. The lowest BCUT2D eigenvalue weighted by molar-refractivity contribution is -0.385. The van der Waals surface area contributed by atoms with Crippen molar-refractivity contribution in [1.82, 2.24) is 15.6 Å². The zero-order valence-corrected chi connectivity index (χ0v) is 16.4. The Labute approximate surface area is 176 Å². The van der Waals surface area contributed by atoms with E-state index in [4.69, 9.17) is 4.74 Å². The summed E-state index contributed by atoms with van der Waals surface area (Å²) in [5.41, 5.74) is 4.01. The highest BCUT2D eigenvalue weighted by atomic mass is 16.6. The van der Waals surface area contributed by atoms with Gasteiger partial charge in [0.05, 0.1) is 35.1 Å². The number of aromatic amines is 1. The SMILES string of the molecule is COc1ccc2ccccc2c1-c1cc(C(=O)N/N=C/c2ccccc2[N+](=O)[O-])[nH]n1. The Balaban J connectivity index is 1.58. The van der Waals surface area contributed by atoms with E-state index < -0.39 is 10.8 Å². The molecule has 2 N–H and O–H groups in total. The number of hydrazone groups is 1. The average Bonchev–Trinajstić information content (AvgIpc) is 3.28. The van der Waals surface area contributed by atoms with Crippen molar-refractivity contribution in [1.29, 1.82) is 0 Å². The number of nitro groups is 1. The van der Waals surface area contributed by atoms with Crippen LogP contribution in [0, 0.1) is 10.1 Å². The van der Waals surface area contributed by atoms with E-state index in [1.807, 2.05) is 36.4 Å². The first-order chi connectivity index (χ1) is 15.1. The lowest BCUT2D eigenvalue weighted by atomic mass is 10.0. The summed E-state index contributed by atoms with van der Waals surface area (Å²) in [4.78, 5) is 23.0. The summed E-state index contributed by atoms with van der Waals surface area (Å²) >= 11 is 0. The Bertz CT molecular complexity index is 1310. The molecule has 4 rings (SSSR count). The van der Waals surface area contributed by atoms with Crippen molar-refractivity contribution in [2.24, 2.45) is 5.10 Å². The number of methoxy groups -OCH3 is 1. The quantitative estimate of drug-likeness (QED) is 0.281. The van der Waals surface area contributed by atoms with Crippen molar-refractivity contribution >= 4 is 28.6 Å². The van der Waals surface area contributed by atoms with E-state index in [2.05, 4.69) is 20.7 Å². The van der Waals surface area contributed by atoms with Gasteiger partial charge >= 0.3 is 0 Å². The number of ether oxygens (including phenoxy) is 1. The predicted molar refractivity (Wildman–Crippen MR) is 116 cm³/mol. The molecule has 31 heavy (non-hydrogen) atoms. The van der Waals surface area contributed by atoms with Crippen LogP contribution in [0.3, 0.4) is 0 Å². The van der Waals surface area contributed by atoms with Crippen LogP contribution >= 0.6 is 0 Å². The second kappa shape index (κ2) is 8.46. The molecule has 154 valence electrons. The minimum absolute atomic E-state index is 0.104. The summed E-state index contributed by atoms with van der Waals surface area (Å²) in [5, 5.41) is 23.8. The highest BCUT2D eigenvalue weighted by Crippen LogP contribution is 2.36. The molecule has 1 amide bonds. The second-order valence-corrected chi connectivity index (χ2v) is 6.55. The zero-order valence-electron chi connectivity index (χ0n) is 16.4. The number of nitrogens with zero attached hydrogens (tertiary/aromatic N) is 3. The first-order valence-electron chi connectivity index (χ1n) is 9.27. The van der Waals surface area contributed by atoms with Gasteiger partial charge < -0.3 is 4.74 Å². The van der Waals surface area contributed by atoms with E-state index in [1.165, 1.54) is 18.3 Å². The van der Waals surface area contributed by atoms with Crippen LogP contribution in [0.5, 0.6) is 5.75 Å². The van der Waals surface area contributed by atoms with Crippen molar-refractivity contribution in [3.05, 3.63) is 88.1 Å². The average molecular weight is 415 g/mol. The molecule has 0 aliphatic rings. The molecule has 0 aliphatic heterocycles. The number of benzene rings is 3. The minimum atomic E-state index is -0.534. The predicted octanol–water partition coefficient (Wildman–Crippen LogP) is 3.91. The maximum atomic E-state index is 12.5. The molecule has 0 unspecified atom stereocenters. The molecule has 3 aromatic carbocycles. The number of fused-ring (bicyclic) bond motifs is 1. The summed E-state index contributed by atoms with van der Waals surface area (Å²) in [6.07, 6.45) is 1.22. The Kier molecular flexibility index (Phi) is 5.39. The Morgan fingerprint density at radius 1 is 1.16 bits per heavy atom. The number of hydrogen-bond donors (Lipinski definition) is 2. The smallest absolute Gasteiger partial charge is 0.289 e. The van der Waals surface area contributed by atoms with E-state index in [0.29, 0.717) is 11.4 Å². The standard InChI is InChI=1S/C22H17N5O4/c1-31-20-11-10-14-6-2-4-8-16(14)21(20)17-12-18(25-24-17)22(28)26-23-13-15-7-3-5-9-19(15)27(29)30/h2-13H,1H3,(H,24,25)(H,26,28)/b23-13+. The number of carbonyl (C=O) groups excluding carboxylic acids is 1. The van der Waals surface area contributed by atoms with Crippen LogP contribution in [0.15, 0.2) is 71.8 Å². The maximum Gasteiger partial charge on any atom is 0.289 e. The summed E-state index contributed by atoms with van der Waals surface area (Å²) < 4.78 is 5.49. The van der Waals surface area contributed by atoms with Crippen LogP contribution in [-0.4, -0.2) is 34.4 Å². The van der Waals surface area contributed by atoms with Crippen molar-refractivity contribution in [2.45, 2.75) is 0 Å². The van der Waals surface area contributed by atoms with Gasteiger partial charge in [0.25, 0.3) is 11.6 Å². The molecule has 0 aliphatic carbocycles. The van der Waals surface area contributed by atoms with Gasteiger partial charge in [-0.15, -0.1) is 0 Å². The van der Waals surface area contributed by atoms with Crippen molar-refractivity contribution in [3.8, 4) is 17.0 Å². The molecule has 9 heteroatoms. The first kappa shape index (κ1) is 19.8. The fraction of sp³-hybridized carbons (Fsp3) is 0.0455. The molecule has 0 saturated heterocycles. The van der Waals surface area contributed by atoms with Gasteiger partial charge in [0, 0.05) is 6.07 Å². The molecule has 0 bridgehead atoms. The van der Waals surface area contributed by atoms with E-state index in [-0.39, 0.29) is 16.9 Å². The van der Waals surface area contributed by atoms with Crippen molar-refractivity contribution < 1.29 is 14.5 Å². The molecule has 0 saturated carbocycles. The van der Waals surface area contributed by atoms with E-state index >= 15 is 0 Å². The van der Waals surface area contributed by atoms with Gasteiger partial charge in [0.1, 0.15) is 11.4 Å². The number of para-hydroxylation sites is 1. The lowest BCUT2D eigenvalue weighted by Gasteiger charge is -2.09. The van der Waals surface area contributed by atoms with Gasteiger partial charge in [-0.25, -0.2) is 5.43 Å². The molecular formula is C22H17N5O4. The summed E-state index contributed by atoms with van der Waals surface area (Å²) in [6.45, 7) is 0. The van der Waals surface area contributed by atoms with Crippen molar-refractivity contribution in [3.63, 3.8) is 0 Å². The first-order valence-corrected chi connectivity index (χ1v) is 9.27. The molecule has 4 aromatic rings. The molecule has 0 spiro atoms. The number of rotatable bonds is 6. The number of amides is 1. The number of carbonyl (C=O) groups is 1. The van der Waals surface area contributed by atoms with E-state index in [1.54, 1.807) is 25.3 Å². The number of H-pyrrole nitrogens is 1. The van der Waals surface area contributed by atoms with Crippen LogP contribution in [-0.2, 0) is 0 Å². The molecule has 0 fully saturated rings. The van der Waals surface area contributed by atoms with Crippen LogP contribution in [0.25, 0.3) is 22.0 Å². The third-order valence-corrected chi connectivity index (χ3v) is 4.69. The van der Waals surface area contributed by atoms with Gasteiger partial charge in [-0.05, 0) is 29.0 Å². The largest absolute Gasteiger partial charge is 0.496 e. The van der Waals surface area contributed by atoms with Crippen LogP contribution < -0.4 is 10.2 Å². The van der Waals surface area contributed by atoms with Gasteiger partial charge in [-0.3, -0.25) is 20.0 Å².